The van der Waals surface area contributed by atoms with Crippen molar-refractivity contribution in [1.82, 2.24) is 5.32 Å². The molecule has 0 aliphatic rings. The van der Waals surface area contributed by atoms with Crippen LogP contribution in [0.4, 0.5) is 0 Å². The van der Waals surface area contributed by atoms with Crippen LogP contribution < -0.4 is 5.32 Å². The Morgan fingerprint density at radius 1 is 1.47 bits per heavy atom. The highest BCUT2D eigenvalue weighted by Gasteiger charge is 2.31. The van der Waals surface area contributed by atoms with Gasteiger partial charge in [-0.25, -0.2) is 0 Å². The Morgan fingerprint density at radius 2 is 2.07 bits per heavy atom. The van der Waals surface area contributed by atoms with Gasteiger partial charge in [-0.3, -0.25) is 4.79 Å². The summed E-state index contributed by atoms with van der Waals surface area (Å²) in [5, 5.41) is 2.61. The van der Waals surface area contributed by atoms with E-state index >= 15 is 0 Å². The molecular weight excluding hydrogens is 256 g/mol. The first-order valence-corrected chi connectivity index (χ1v) is 6.05. The monoisotopic (exact) mass is 271 g/mol. The van der Waals surface area contributed by atoms with Crippen LogP contribution in [0, 0.1) is 0 Å². The smallest absolute Gasteiger partial charge is 0.272 e. The Kier molecular flexibility index (Phi) is 7.41. The third-order valence-corrected chi connectivity index (χ3v) is 2.49. The molecule has 0 unspecified atom stereocenters. The summed E-state index contributed by atoms with van der Waals surface area (Å²) in [6.07, 6.45) is 5.75. The average molecular weight is 273 g/mol. The number of rotatable bonds is 6. The molecule has 0 fully saturated rings. The fraction of sp³-hybridized carbons (Fsp3) is 0.700. The standard InChI is InChI=1S/C10H16Cl3NO/c1-3-5-6-7-8(4-2)14-9(15)10(11,12)13/h4,8H,2-3,5-7H2,1H3,(H,14,15)/t8-/m1/s1. The van der Waals surface area contributed by atoms with E-state index in [1.165, 1.54) is 0 Å². The second-order valence-electron chi connectivity index (χ2n) is 3.31. The molecule has 0 heterocycles. The summed E-state index contributed by atoms with van der Waals surface area (Å²) in [6, 6.07) is -0.125. The second-order valence-corrected chi connectivity index (χ2v) is 5.59. The van der Waals surface area contributed by atoms with Gasteiger partial charge in [0.2, 0.25) is 0 Å². The fourth-order valence-electron chi connectivity index (χ4n) is 1.11. The van der Waals surface area contributed by atoms with Gasteiger partial charge < -0.3 is 5.32 Å². The minimum atomic E-state index is -1.90. The SMILES string of the molecule is C=C[C@H](CCCCC)NC(=O)C(Cl)(Cl)Cl. The van der Waals surface area contributed by atoms with Crippen LogP contribution in [-0.2, 0) is 4.79 Å². The van der Waals surface area contributed by atoms with Gasteiger partial charge in [-0.15, -0.1) is 6.58 Å². The zero-order valence-corrected chi connectivity index (χ0v) is 11.0. The third-order valence-electron chi connectivity index (χ3n) is 1.98. The van der Waals surface area contributed by atoms with Gasteiger partial charge in [0.25, 0.3) is 9.70 Å². The van der Waals surface area contributed by atoms with Crippen LogP contribution in [0.5, 0.6) is 0 Å². The number of halogens is 3. The lowest BCUT2D eigenvalue weighted by Crippen LogP contribution is -2.40. The van der Waals surface area contributed by atoms with Crippen LogP contribution in [0.25, 0.3) is 0 Å². The minimum Gasteiger partial charge on any atom is -0.346 e. The molecule has 0 rings (SSSR count). The topological polar surface area (TPSA) is 29.1 Å². The number of unbranched alkanes of at least 4 members (excludes halogenated alkanes) is 2. The van der Waals surface area contributed by atoms with E-state index in [4.69, 9.17) is 34.8 Å². The molecule has 0 aromatic rings. The summed E-state index contributed by atoms with van der Waals surface area (Å²) in [4.78, 5) is 11.3. The van der Waals surface area contributed by atoms with Crippen LogP contribution in [-0.4, -0.2) is 15.7 Å². The highest BCUT2D eigenvalue weighted by atomic mass is 35.6. The highest BCUT2D eigenvalue weighted by Crippen LogP contribution is 2.26. The maximum atomic E-state index is 11.3. The van der Waals surface area contributed by atoms with Crippen molar-refractivity contribution in [3.8, 4) is 0 Å². The maximum Gasteiger partial charge on any atom is 0.272 e. The predicted octanol–water partition coefficient (Wildman–Crippen LogP) is 3.61. The molecule has 0 aromatic heterocycles. The van der Waals surface area contributed by atoms with Crippen LogP contribution in [0.15, 0.2) is 12.7 Å². The number of nitrogens with one attached hydrogen (secondary N) is 1. The van der Waals surface area contributed by atoms with Gasteiger partial charge in [0.05, 0.1) is 0 Å². The van der Waals surface area contributed by atoms with E-state index in [0.717, 1.165) is 25.7 Å². The van der Waals surface area contributed by atoms with Gasteiger partial charge in [-0.1, -0.05) is 67.1 Å². The van der Waals surface area contributed by atoms with Gasteiger partial charge >= 0.3 is 0 Å². The molecule has 1 amide bonds. The van der Waals surface area contributed by atoms with Crippen molar-refractivity contribution in [2.24, 2.45) is 0 Å². The molecule has 0 aliphatic carbocycles. The van der Waals surface area contributed by atoms with Crippen LogP contribution in [0.2, 0.25) is 0 Å². The van der Waals surface area contributed by atoms with E-state index < -0.39 is 9.70 Å². The highest BCUT2D eigenvalue weighted by molar-refractivity contribution is 6.76. The Labute approximate surface area is 106 Å². The summed E-state index contributed by atoms with van der Waals surface area (Å²) in [5.74, 6) is -0.603. The largest absolute Gasteiger partial charge is 0.346 e. The molecule has 0 spiro atoms. The van der Waals surface area contributed by atoms with Gasteiger partial charge in [0.1, 0.15) is 0 Å². The third kappa shape index (κ3) is 7.04. The van der Waals surface area contributed by atoms with Crippen molar-refractivity contribution in [3.63, 3.8) is 0 Å². The molecule has 0 radical (unpaired) electrons. The van der Waals surface area contributed by atoms with E-state index in [2.05, 4.69) is 18.8 Å². The van der Waals surface area contributed by atoms with Crippen molar-refractivity contribution >= 4 is 40.7 Å². The van der Waals surface area contributed by atoms with Gasteiger partial charge in [-0.2, -0.15) is 0 Å². The molecule has 15 heavy (non-hydrogen) atoms. The second kappa shape index (κ2) is 7.37. The Hall–Kier alpha value is 0.0800. The van der Waals surface area contributed by atoms with Gasteiger partial charge in [0.15, 0.2) is 0 Å². The number of hydrogen-bond acceptors (Lipinski definition) is 1. The number of alkyl halides is 3. The molecule has 88 valence electrons. The number of hydrogen-bond donors (Lipinski definition) is 1. The molecule has 0 bridgehead atoms. The van der Waals surface area contributed by atoms with E-state index in [1.807, 2.05) is 0 Å². The number of carbonyl (C=O) groups is 1. The summed E-state index contributed by atoms with van der Waals surface area (Å²) in [5.41, 5.74) is 0. The summed E-state index contributed by atoms with van der Waals surface area (Å²) in [6.45, 7) is 5.74. The van der Waals surface area contributed by atoms with Crippen LogP contribution >= 0.6 is 34.8 Å². The summed E-state index contributed by atoms with van der Waals surface area (Å²) in [7, 11) is 0. The Bertz CT molecular complexity index is 213. The summed E-state index contributed by atoms with van der Waals surface area (Å²) >= 11 is 16.3. The molecule has 0 aliphatic heterocycles. The van der Waals surface area contributed by atoms with Gasteiger partial charge in [-0.05, 0) is 6.42 Å². The normalized spacial score (nSPS) is 13.3. The lowest BCUT2D eigenvalue weighted by molar-refractivity contribution is -0.120. The number of carbonyl (C=O) groups excluding carboxylic acids is 1. The lowest BCUT2D eigenvalue weighted by atomic mass is 10.1. The Morgan fingerprint density at radius 3 is 2.47 bits per heavy atom. The Balaban J connectivity index is 3.99. The van der Waals surface area contributed by atoms with Crippen LogP contribution in [0.3, 0.4) is 0 Å². The molecule has 0 saturated carbocycles. The van der Waals surface area contributed by atoms with Crippen molar-refractivity contribution in [1.29, 1.82) is 0 Å². The average Bonchev–Trinajstić information content (AvgIpc) is 2.14. The fourth-order valence-corrected chi connectivity index (χ4v) is 1.28. The molecule has 1 atom stereocenters. The van der Waals surface area contributed by atoms with Crippen molar-refractivity contribution in [2.45, 2.75) is 42.4 Å². The summed E-state index contributed by atoms with van der Waals surface area (Å²) < 4.78 is -1.90. The van der Waals surface area contributed by atoms with E-state index in [1.54, 1.807) is 6.08 Å². The van der Waals surface area contributed by atoms with E-state index in [0.29, 0.717) is 0 Å². The zero-order chi connectivity index (χ0) is 11.9. The first kappa shape index (κ1) is 15.1. The first-order chi connectivity index (χ1) is 6.91. The van der Waals surface area contributed by atoms with Crippen molar-refractivity contribution < 1.29 is 4.79 Å². The maximum absolute atomic E-state index is 11.3. The van der Waals surface area contributed by atoms with Crippen molar-refractivity contribution in [2.75, 3.05) is 0 Å². The molecule has 1 N–H and O–H groups in total. The van der Waals surface area contributed by atoms with E-state index in [9.17, 15) is 4.79 Å². The molecule has 2 nitrogen and oxygen atoms in total. The molecule has 5 heteroatoms. The molecule has 0 saturated heterocycles. The quantitative estimate of drug-likeness (QED) is 0.447. The van der Waals surface area contributed by atoms with Crippen molar-refractivity contribution in [3.05, 3.63) is 12.7 Å². The predicted molar refractivity (Wildman–Crippen MR) is 66.6 cm³/mol. The minimum absolute atomic E-state index is 0.125. The molecule has 0 aromatic carbocycles. The van der Waals surface area contributed by atoms with Crippen LogP contribution in [0.1, 0.15) is 32.6 Å². The van der Waals surface area contributed by atoms with E-state index in [-0.39, 0.29) is 6.04 Å². The molecular formula is C10H16Cl3NO. The first-order valence-electron chi connectivity index (χ1n) is 4.92. The number of amides is 1. The lowest BCUT2D eigenvalue weighted by Gasteiger charge is -2.17. The zero-order valence-electron chi connectivity index (χ0n) is 8.73. The van der Waals surface area contributed by atoms with Gasteiger partial charge in [0, 0.05) is 6.04 Å².